The summed E-state index contributed by atoms with van der Waals surface area (Å²) in [6, 6.07) is 6.66. The maximum atomic E-state index is 12.5. The van der Waals surface area contributed by atoms with Gasteiger partial charge in [0.1, 0.15) is 11.1 Å². The summed E-state index contributed by atoms with van der Waals surface area (Å²) in [6.07, 6.45) is -0.116. The van der Waals surface area contributed by atoms with Crippen molar-refractivity contribution in [2.45, 2.75) is 12.5 Å². The largest absolute Gasteiger partial charge is 0.478 e. The van der Waals surface area contributed by atoms with Gasteiger partial charge in [-0.15, -0.1) is 11.3 Å². The minimum Gasteiger partial charge on any atom is -0.478 e. The number of fused-ring (bicyclic) bond motifs is 2. The van der Waals surface area contributed by atoms with Crippen LogP contribution in [0.5, 0.6) is 0 Å². The van der Waals surface area contributed by atoms with Gasteiger partial charge in [-0.05, 0) is 24.1 Å². The first-order chi connectivity index (χ1) is 12.0. The van der Waals surface area contributed by atoms with E-state index in [-0.39, 0.29) is 28.9 Å². The number of benzene rings is 1. The van der Waals surface area contributed by atoms with E-state index in [0.717, 1.165) is 16.2 Å². The summed E-state index contributed by atoms with van der Waals surface area (Å²) in [5.74, 6) is -1.80. The molecule has 1 unspecified atom stereocenters. The molecule has 2 aromatic rings. The number of amides is 2. The number of thiophene rings is 1. The normalized spacial score (nSPS) is 19.0. The summed E-state index contributed by atoms with van der Waals surface area (Å²) in [5, 5.41) is 9.57. The number of nitrogens with zero attached hydrogens (tertiary/aromatic N) is 1. The number of imide groups is 1. The fraction of sp³-hybridized carbons (Fsp3) is 0.235. The Morgan fingerprint density at radius 3 is 2.52 bits per heavy atom. The molecule has 0 spiro atoms. The summed E-state index contributed by atoms with van der Waals surface area (Å²) in [6.45, 7) is 0.357. The van der Waals surface area contributed by atoms with Crippen molar-refractivity contribution >= 4 is 34.1 Å². The second-order valence-electron chi connectivity index (χ2n) is 5.87. The van der Waals surface area contributed by atoms with E-state index in [1.807, 2.05) is 0 Å². The zero-order valence-electron chi connectivity index (χ0n) is 13.0. The number of rotatable bonds is 3. The summed E-state index contributed by atoms with van der Waals surface area (Å²) in [7, 11) is 0. The molecule has 2 amide bonds. The van der Waals surface area contributed by atoms with E-state index in [0.29, 0.717) is 34.6 Å². The molecule has 4 rings (SSSR count). The van der Waals surface area contributed by atoms with E-state index < -0.39 is 12.1 Å². The number of carboxylic acids is 1. The average Bonchev–Trinajstić information content (AvgIpc) is 3.05. The van der Waals surface area contributed by atoms with Crippen LogP contribution in [0.3, 0.4) is 0 Å². The van der Waals surface area contributed by atoms with Crippen LogP contribution in [0.2, 0.25) is 0 Å². The third-order valence-electron chi connectivity index (χ3n) is 4.47. The minimum absolute atomic E-state index is 0.0400. The number of nitrogens with two attached hydrogens (primary N) is 1. The molecule has 25 heavy (non-hydrogen) atoms. The molecule has 0 bridgehead atoms. The number of hydrogen-bond acceptors (Lipinski definition) is 6. The molecule has 2 aliphatic rings. The Hall–Kier alpha value is -2.71. The number of carboxylic acid groups (broad SMARTS) is 1. The summed E-state index contributed by atoms with van der Waals surface area (Å²) in [4.78, 5) is 38.3. The van der Waals surface area contributed by atoms with Crippen molar-refractivity contribution in [2.75, 3.05) is 18.9 Å². The Morgan fingerprint density at radius 2 is 1.92 bits per heavy atom. The molecular weight excluding hydrogens is 344 g/mol. The van der Waals surface area contributed by atoms with Gasteiger partial charge in [0.25, 0.3) is 11.8 Å². The van der Waals surface area contributed by atoms with Gasteiger partial charge in [-0.2, -0.15) is 0 Å². The van der Waals surface area contributed by atoms with Crippen molar-refractivity contribution in [1.82, 2.24) is 4.90 Å². The van der Waals surface area contributed by atoms with Crippen LogP contribution in [0.15, 0.2) is 24.3 Å². The number of carbonyl (C=O) groups excluding carboxylic acids is 2. The monoisotopic (exact) mass is 358 g/mol. The maximum Gasteiger partial charge on any atom is 0.338 e. The van der Waals surface area contributed by atoms with Gasteiger partial charge in [0.15, 0.2) is 0 Å². The average molecular weight is 358 g/mol. The fourth-order valence-corrected chi connectivity index (χ4v) is 4.48. The first kappa shape index (κ1) is 15.8. The van der Waals surface area contributed by atoms with Gasteiger partial charge in [0.2, 0.25) is 0 Å². The highest BCUT2D eigenvalue weighted by Gasteiger charge is 2.39. The molecule has 1 atom stereocenters. The predicted molar refractivity (Wildman–Crippen MR) is 89.9 cm³/mol. The van der Waals surface area contributed by atoms with Crippen molar-refractivity contribution in [3.8, 4) is 0 Å². The van der Waals surface area contributed by atoms with E-state index in [4.69, 9.17) is 10.5 Å². The lowest BCUT2D eigenvalue weighted by Crippen LogP contribution is -2.36. The number of carbonyl (C=O) groups is 3. The molecule has 0 aliphatic carbocycles. The SMILES string of the molecule is Nc1sc2c(c1C(=O)O)CCOC2CN1C(=O)c2ccccc2C1=O. The highest BCUT2D eigenvalue weighted by Crippen LogP contribution is 2.40. The lowest BCUT2D eigenvalue weighted by molar-refractivity contribution is 0.0188. The van der Waals surface area contributed by atoms with E-state index in [9.17, 15) is 19.5 Å². The molecule has 2 aliphatic heterocycles. The number of anilines is 1. The number of aromatic carboxylic acids is 1. The lowest BCUT2D eigenvalue weighted by atomic mass is 10.0. The summed E-state index contributed by atoms with van der Waals surface area (Å²) >= 11 is 1.15. The Labute approximate surface area is 146 Å². The highest BCUT2D eigenvalue weighted by molar-refractivity contribution is 7.16. The third-order valence-corrected chi connectivity index (χ3v) is 5.62. The fourth-order valence-electron chi connectivity index (χ4n) is 3.33. The van der Waals surface area contributed by atoms with Crippen LogP contribution in [0.1, 0.15) is 47.6 Å². The molecule has 0 fully saturated rings. The number of ether oxygens (including phenoxy) is 1. The molecule has 7 nitrogen and oxygen atoms in total. The standard InChI is InChI=1S/C17H14N2O5S/c18-14-12(17(22)23)10-5-6-24-11(13(10)25-14)7-19-15(20)8-3-1-2-4-9(8)16(19)21/h1-4,11H,5-7,18H2,(H,22,23). The molecule has 8 heteroatoms. The summed E-state index contributed by atoms with van der Waals surface area (Å²) < 4.78 is 5.73. The Morgan fingerprint density at radius 1 is 1.28 bits per heavy atom. The van der Waals surface area contributed by atoms with Crippen LogP contribution in [0.4, 0.5) is 5.00 Å². The van der Waals surface area contributed by atoms with Crippen LogP contribution < -0.4 is 5.73 Å². The molecule has 3 heterocycles. The van der Waals surface area contributed by atoms with Crippen molar-refractivity contribution in [3.63, 3.8) is 0 Å². The molecule has 0 radical (unpaired) electrons. The van der Waals surface area contributed by atoms with Gasteiger partial charge in [0, 0.05) is 4.88 Å². The minimum atomic E-state index is -1.07. The molecular formula is C17H14N2O5S. The van der Waals surface area contributed by atoms with Gasteiger partial charge in [0.05, 0.1) is 29.8 Å². The Bertz CT molecular complexity index is 885. The van der Waals surface area contributed by atoms with E-state index in [1.165, 1.54) is 0 Å². The van der Waals surface area contributed by atoms with Crippen LogP contribution in [0.25, 0.3) is 0 Å². The van der Waals surface area contributed by atoms with E-state index in [1.54, 1.807) is 24.3 Å². The number of nitrogen functional groups attached to an aromatic ring is 1. The molecule has 3 N–H and O–H groups in total. The van der Waals surface area contributed by atoms with Gasteiger partial charge >= 0.3 is 5.97 Å². The van der Waals surface area contributed by atoms with Crippen LogP contribution in [-0.4, -0.2) is 40.9 Å². The van der Waals surface area contributed by atoms with Crippen LogP contribution in [0, 0.1) is 0 Å². The van der Waals surface area contributed by atoms with Gasteiger partial charge < -0.3 is 15.6 Å². The molecule has 128 valence electrons. The lowest BCUT2D eigenvalue weighted by Gasteiger charge is -2.26. The first-order valence-electron chi connectivity index (χ1n) is 7.70. The quantitative estimate of drug-likeness (QED) is 0.812. The maximum absolute atomic E-state index is 12.5. The van der Waals surface area contributed by atoms with Crippen molar-refractivity contribution in [3.05, 3.63) is 51.4 Å². The predicted octanol–water partition coefficient (Wildman–Crippen LogP) is 1.94. The Balaban J connectivity index is 1.66. The van der Waals surface area contributed by atoms with Crippen molar-refractivity contribution < 1.29 is 24.2 Å². The smallest absolute Gasteiger partial charge is 0.338 e. The molecule has 1 aromatic heterocycles. The highest BCUT2D eigenvalue weighted by atomic mass is 32.1. The molecule has 0 saturated heterocycles. The van der Waals surface area contributed by atoms with Gasteiger partial charge in [-0.1, -0.05) is 12.1 Å². The topological polar surface area (TPSA) is 110 Å². The third kappa shape index (κ3) is 2.33. The van der Waals surface area contributed by atoms with Gasteiger partial charge in [-0.25, -0.2) is 4.79 Å². The van der Waals surface area contributed by atoms with Crippen LogP contribution in [-0.2, 0) is 11.2 Å². The first-order valence-corrected chi connectivity index (χ1v) is 8.52. The van der Waals surface area contributed by atoms with Gasteiger partial charge in [-0.3, -0.25) is 14.5 Å². The second kappa shape index (κ2) is 5.68. The van der Waals surface area contributed by atoms with E-state index >= 15 is 0 Å². The molecule has 0 saturated carbocycles. The molecule has 1 aromatic carbocycles. The second-order valence-corrected chi connectivity index (χ2v) is 6.95. The van der Waals surface area contributed by atoms with Crippen molar-refractivity contribution in [1.29, 1.82) is 0 Å². The van der Waals surface area contributed by atoms with Crippen LogP contribution >= 0.6 is 11.3 Å². The van der Waals surface area contributed by atoms with Crippen molar-refractivity contribution in [2.24, 2.45) is 0 Å². The Kier molecular flexibility index (Phi) is 3.59. The van der Waals surface area contributed by atoms with E-state index in [2.05, 4.69) is 0 Å². The zero-order valence-corrected chi connectivity index (χ0v) is 13.8. The summed E-state index contributed by atoms with van der Waals surface area (Å²) in [5.41, 5.74) is 7.35. The zero-order chi connectivity index (χ0) is 17.7. The number of hydrogen-bond donors (Lipinski definition) is 2.